The molecule has 0 aromatic heterocycles. The van der Waals surface area contributed by atoms with Gasteiger partial charge in [0.25, 0.3) is 0 Å². The van der Waals surface area contributed by atoms with Crippen LogP contribution in [-0.4, -0.2) is 78.5 Å². The van der Waals surface area contributed by atoms with Crippen molar-refractivity contribution >= 4 is 27.0 Å². The summed E-state index contributed by atoms with van der Waals surface area (Å²) in [5.74, 6) is 0. The molecule has 0 unspecified atom stereocenters. The Balaban J connectivity index is 4.72. The summed E-state index contributed by atoms with van der Waals surface area (Å²) >= 11 is 0. The second kappa shape index (κ2) is 7.34. The summed E-state index contributed by atoms with van der Waals surface area (Å²) in [5.41, 5.74) is 0. The molecule has 0 rings (SSSR count). The maximum absolute atomic E-state index is 10.5. The van der Waals surface area contributed by atoms with Gasteiger partial charge in [-0.3, -0.25) is 9.11 Å². The lowest BCUT2D eigenvalue weighted by Crippen LogP contribution is -2.53. The molecule has 4 atom stereocenters. The van der Waals surface area contributed by atoms with E-state index >= 15 is 0 Å². The third kappa shape index (κ3) is 7.78. The molecule has 0 aliphatic carbocycles. The Labute approximate surface area is 113 Å². The molecule has 20 heavy (non-hydrogen) atoms. The first kappa shape index (κ1) is 19.3. The molecule has 0 amide bonds. The lowest BCUT2D eigenvalue weighted by Gasteiger charge is -2.25. The van der Waals surface area contributed by atoms with E-state index < -0.39 is 51.7 Å². The Morgan fingerprint density at radius 2 is 1.55 bits per heavy atom. The normalized spacial score (nSPS) is 19.1. The van der Waals surface area contributed by atoms with Gasteiger partial charge in [0.15, 0.2) is 0 Å². The Morgan fingerprint density at radius 1 is 1.05 bits per heavy atom. The summed E-state index contributed by atoms with van der Waals surface area (Å²) in [5, 5.41) is 28.0. The highest BCUT2D eigenvalue weighted by molar-refractivity contribution is 7.83. The van der Waals surface area contributed by atoms with Gasteiger partial charge in [-0.15, -0.1) is 0 Å². The Hall–Kier alpha value is -0.710. The number of aldehydes is 1. The largest absolute Gasteiger partial charge is 0.397 e. The summed E-state index contributed by atoms with van der Waals surface area (Å²) in [4.78, 5) is 10.5. The maximum Gasteiger partial charge on any atom is 0.397 e. The highest BCUT2D eigenvalue weighted by Gasteiger charge is 2.34. The van der Waals surface area contributed by atoms with Gasteiger partial charge in [0.05, 0.1) is 6.61 Å². The predicted molar refractivity (Wildman–Crippen MR) is 60.1 cm³/mol. The molecule has 0 aromatic rings. The first-order valence-corrected chi connectivity index (χ1v) is 7.54. The molecule has 0 heterocycles. The summed E-state index contributed by atoms with van der Waals surface area (Å²) in [6.45, 7) is -1.17. The molecule has 14 heteroatoms. The van der Waals surface area contributed by atoms with E-state index in [-0.39, 0.29) is 6.29 Å². The van der Waals surface area contributed by atoms with Gasteiger partial charge in [0.2, 0.25) is 0 Å². The molecule has 0 aliphatic rings. The van der Waals surface area contributed by atoms with Crippen LogP contribution in [0.15, 0.2) is 0 Å². The lowest BCUT2D eigenvalue weighted by atomic mass is 10.0. The predicted octanol–water partition coefficient (Wildman–Crippen LogP) is -4.15. The van der Waals surface area contributed by atoms with Gasteiger partial charge in [0.1, 0.15) is 30.6 Å². The van der Waals surface area contributed by atoms with Gasteiger partial charge < -0.3 is 20.1 Å². The molecule has 0 saturated carbocycles. The third-order valence-electron chi connectivity index (χ3n) is 1.93. The first-order valence-electron chi connectivity index (χ1n) is 4.73. The van der Waals surface area contributed by atoms with Crippen LogP contribution in [0, 0.1) is 0 Å². The zero-order valence-corrected chi connectivity index (χ0v) is 11.2. The second-order valence-corrected chi connectivity index (χ2v) is 5.79. The Bertz CT molecular complexity index is 513. The molecule has 12 nitrogen and oxygen atoms in total. The first-order chi connectivity index (χ1) is 8.87. The average Bonchev–Trinajstić information content (AvgIpc) is 2.29. The number of hydrogen-bond acceptors (Lipinski definition) is 9. The molecule has 6 N–H and O–H groups in total. The van der Waals surface area contributed by atoms with Gasteiger partial charge in [-0.05, 0) is 0 Å². The molecule has 0 aromatic carbocycles. The highest BCUT2D eigenvalue weighted by atomic mass is 32.3. The lowest BCUT2D eigenvalue weighted by molar-refractivity contribution is -0.118. The standard InChI is InChI=1S/C6H13NO11S2/c8-1-3(7-19(12,13)14)5(10)6(11)4(9)2-18-20(15,16)17/h1,3-7,9-11H,2H2,(H,12,13,14)(H,15,16,17)/t3-,4-,5-,6-/m1/s1. The van der Waals surface area contributed by atoms with Gasteiger partial charge in [-0.2, -0.15) is 21.6 Å². The fourth-order valence-corrected chi connectivity index (χ4v) is 1.89. The molecule has 0 radical (unpaired) electrons. The third-order valence-corrected chi connectivity index (χ3v) is 2.94. The molecular weight excluding hydrogens is 326 g/mol. The van der Waals surface area contributed by atoms with Crippen LogP contribution < -0.4 is 4.72 Å². The van der Waals surface area contributed by atoms with Crippen molar-refractivity contribution in [3.8, 4) is 0 Å². The van der Waals surface area contributed by atoms with Crippen LogP contribution in [0.3, 0.4) is 0 Å². The van der Waals surface area contributed by atoms with E-state index in [4.69, 9.17) is 9.11 Å². The number of aliphatic hydroxyl groups is 3. The van der Waals surface area contributed by atoms with E-state index in [2.05, 4.69) is 4.18 Å². The molecule has 0 aliphatic heterocycles. The van der Waals surface area contributed by atoms with Crippen molar-refractivity contribution in [2.45, 2.75) is 24.4 Å². The van der Waals surface area contributed by atoms with E-state index in [1.807, 2.05) is 0 Å². The molecule has 0 saturated heterocycles. The zero-order valence-electron chi connectivity index (χ0n) is 9.60. The second-order valence-electron chi connectivity index (χ2n) is 3.52. The van der Waals surface area contributed by atoms with Crippen LogP contribution in [0.25, 0.3) is 0 Å². The minimum Gasteiger partial charge on any atom is -0.388 e. The summed E-state index contributed by atoms with van der Waals surface area (Å²) in [7, 11) is -9.78. The van der Waals surface area contributed by atoms with Crippen LogP contribution in [0.1, 0.15) is 0 Å². The number of rotatable bonds is 9. The zero-order chi connectivity index (χ0) is 16.1. The van der Waals surface area contributed by atoms with Crippen molar-refractivity contribution in [2.24, 2.45) is 0 Å². The van der Waals surface area contributed by atoms with Gasteiger partial charge in [0, 0.05) is 0 Å². The van der Waals surface area contributed by atoms with Crippen LogP contribution in [0.5, 0.6) is 0 Å². The van der Waals surface area contributed by atoms with Crippen LogP contribution >= 0.6 is 0 Å². The summed E-state index contributed by atoms with van der Waals surface area (Å²) in [6.07, 6.45) is -6.72. The number of aliphatic hydroxyl groups excluding tert-OH is 3. The van der Waals surface area contributed by atoms with Crippen LogP contribution in [-0.2, 0) is 29.7 Å². The Morgan fingerprint density at radius 3 is 1.90 bits per heavy atom. The van der Waals surface area contributed by atoms with E-state index in [0.717, 1.165) is 0 Å². The molecular formula is C6H13NO11S2. The SMILES string of the molecule is O=C[C@@H](NS(=O)(=O)O)[C@@H](O)[C@H](O)[C@H](O)COS(=O)(=O)O. The van der Waals surface area contributed by atoms with Crippen LogP contribution in [0.4, 0.5) is 0 Å². The fourth-order valence-electron chi connectivity index (χ4n) is 1.04. The van der Waals surface area contributed by atoms with E-state index in [1.165, 1.54) is 4.72 Å². The van der Waals surface area contributed by atoms with E-state index in [9.17, 15) is 36.9 Å². The van der Waals surface area contributed by atoms with Crippen molar-refractivity contribution in [1.82, 2.24) is 4.72 Å². The Kier molecular flexibility index (Phi) is 7.08. The minimum atomic E-state index is -4.91. The minimum absolute atomic E-state index is 0.183. The van der Waals surface area contributed by atoms with Crippen molar-refractivity contribution in [3.63, 3.8) is 0 Å². The van der Waals surface area contributed by atoms with Gasteiger partial charge in [-0.1, -0.05) is 0 Å². The van der Waals surface area contributed by atoms with E-state index in [1.54, 1.807) is 0 Å². The molecule has 120 valence electrons. The van der Waals surface area contributed by atoms with Crippen molar-refractivity contribution in [2.75, 3.05) is 6.61 Å². The quantitative estimate of drug-likeness (QED) is 0.175. The molecule has 0 spiro atoms. The van der Waals surface area contributed by atoms with Gasteiger partial charge in [-0.25, -0.2) is 4.18 Å². The van der Waals surface area contributed by atoms with E-state index in [0.29, 0.717) is 0 Å². The monoisotopic (exact) mass is 339 g/mol. The number of carbonyl (C=O) groups excluding carboxylic acids is 1. The number of nitrogens with one attached hydrogen (secondary N) is 1. The van der Waals surface area contributed by atoms with Crippen molar-refractivity contribution in [1.29, 1.82) is 0 Å². The average molecular weight is 339 g/mol. The molecule has 0 bridgehead atoms. The van der Waals surface area contributed by atoms with Crippen LogP contribution in [0.2, 0.25) is 0 Å². The molecule has 0 fully saturated rings. The summed E-state index contributed by atoms with van der Waals surface area (Å²) in [6, 6.07) is -2.01. The highest BCUT2D eigenvalue weighted by Crippen LogP contribution is 2.06. The van der Waals surface area contributed by atoms with Gasteiger partial charge >= 0.3 is 20.7 Å². The number of hydrogen-bond donors (Lipinski definition) is 6. The summed E-state index contributed by atoms with van der Waals surface area (Å²) < 4.78 is 62.9. The fraction of sp³-hybridized carbons (Fsp3) is 0.833. The number of carbonyl (C=O) groups is 1. The smallest absolute Gasteiger partial charge is 0.388 e. The van der Waals surface area contributed by atoms with Crippen molar-refractivity contribution in [3.05, 3.63) is 0 Å². The van der Waals surface area contributed by atoms with Crippen molar-refractivity contribution < 1.29 is 50.2 Å². The maximum atomic E-state index is 10.5. The topological polar surface area (TPSA) is 208 Å².